The molecular weight excluding hydrogens is 188 g/mol. The third-order valence-corrected chi connectivity index (χ3v) is 1.58. The van der Waals surface area contributed by atoms with Crippen molar-refractivity contribution < 1.29 is 9.53 Å². The zero-order valence-corrected chi connectivity index (χ0v) is 8.57. The molecular formula is C13H12O2. The van der Waals surface area contributed by atoms with Gasteiger partial charge in [-0.15, -0.1) is 0 Å². The van der Waals surface area contributed by atoms with Crippen LogP contribution >= 0.6 is 0 Å². The first-order valence-electron chi connectivity index (χ1n) is 4.73. The van der Waals surface area contributed by atoms with Crippen LogP contribution < -0.4 is 0 Å². The molecule has 0 bridgehead atoms. The summed E-state index contributed by atoms with van der Waals surface area (Å²) in [5, 5.41) is 0. The second kappa shape index (κ2) is 6.44. The van der Waals surface area contributed by atoms with E-state index in [1.165, 1.54) is 12.2 Å². The number of esters is 1. The lowest BCUT2D eigenvalue weighted by molar-refractivity contribution is -0.137. The summed E-state index contributed by atoms with van der Waals surface area (Å²) in [4.78, 5) is 10.9. The average Bonchev–Trinajstić information content (AvgIpc) is 2.26. The van der Waals surface area contributed by atoms with E-state index in [1.807, 2.05) is 30.3 Å². The van der Waals surface area contributed by atoms with Crippen molar-refractivity contribution in [1.29, 1.82) is 0 Å². The highest BCUT2D eigenvalue weighted by Gasteiger charge is 1.89. The van der Waals surface area contributed by atoms with Crippen molar-refractivity contribution in [2.24, 2.45) is 0 Å². The molecule has 0 spiro atoms. The Balaban J connectivity index is 2.50. The molecule has 0 heterocycles. The third-order valence-electron chi connectivity index (χ3n) is 1.58. The maximum atomic E-state index is 10.9. The summed E-state index contributed by atoms with van der Waals surface area (Å²) in [7, 11) is 0. The minimum absolute atomic E-state index is 0.361. The van der Waals surface area contributed by atoms with E-state index in [9.17, 15) is 4.79 Å². The lowest BCUT2D eigenvalue weighted by Gasteiger charge is -1.91. The number of benzene rings is 1. The predicted octanol–water partition coefficient (Wildman–Crippen LogP) is 2.16. The van der Waals surface area contributed by atoms with Crippen LogP contribution in [0, 0.1) is 11.8 Å². The van der Waals surface area contributed by atoms with Crippen LogP contribution in [-0.4, -0.2) is 12.6 Å². The first kappa shape index (κ1) is 11.1. The van der Waals surface area contributed by atoms with E-state index in [1.54, 1.807) is 6.92 Å². The van der Waals surface area contributed by atoms with E-state index in [2.05, 4.69) is 11.8 Å². The molecule has 2 nitrogen and oxygen atoms in total. The van der Waals surface area contributed by atoms with E-state index in [-0.39, 0.29) is 5.97 Å². The molecule has 0 saturated carbocycles. The Morgan fingerprint density at radius 3 is 2.80 bits per heavy atom. The molecule has 2 heteroatoms. The molecule has 0 amide bonds. The van der Waals surface area contributed by atoms with E-state index < -0.39 is 0 Å². The summed E-state index contributed by atoms with van der Waals surface area (Å²) in [5.74, 6) is 5.30. The SMILES string of the molecule is CCOC(=O)/C=C/C#Cc1ccccc1. The van der Waals surface area contributed by atoms with Gasteiger partial charge < -0.3 is 4.74 Å². The van der Waals surface area contributed by atoms with Gasteiger partial charge in [-0.1, -0.05) is 30.0 Å². The first-order chi connectivity index (χ1) is 7.33. The third kappa shape index (κ3) is 4.68. The number of carbonyl (C=O) groups is 1. The number of hydrogen-bond acceptors (Lipinski definition) is 2. The molecule has 1 aromatic carbocycles. The Labute approximate surface area is 89.6 Å². The Morgan fingerprint density at radius 2 is 2.13 bits per heavy atom. The Bertz CT molecular complexity index is 394. The van der Waals surface area contributed by atoms with Crippen LogP contribution in [0.25, 0.3) is 0 Å². The second-order valence-electron chi connectivity index (χ2n) is 2.72. The van der Waals surface area contributed by atoms with E-state index >= 15 is 0 Å². The highest BCUT2D eigenvalue weighted by Crippen LogP contribution is 1.94. The van der Waals surface area contributed by atoms with Gasteiger partial charge in [0.05, 0.1) is 6.61 Å². The van der Waals surface area contributed by atoms with Crippen LogP contribution in [0.3, 0.4) is 0 Å². The topological polar surface area (TPSA) is 26.3 Å². The van der Waals surface area contributed by atoms with Gasteiger partial charge in [0.2, 0.25) is 0 Å². The molecule has 76 valence electrons. The summed E-state index contributed by atoms with van der Waals surface area (Å²) in [5.41, 5.74) is 0.922. The van der Waals surface area contributed by atoms with Gasteiger partial charge in [-0.3, -0.25) is 0 Å². The zero-order valence-electron chi connectivity index (χ0n) is 8.57. The molecule has 0 unspecified atom stereocenters. The zero-order chi connectivity index (χ0) is 10.9. The maximum absolute atomic E-state index is 10.9. The largest absolute Gasteiger partial charge is 0.463 e. The summed E-state index contributed by atoms with van der Waals surface area (Å²) >= 11 is 0. The second-order valence-corrected chi connectivity index (χ2v) is 2.72. The Kier molecular flexibility index (Phi) is 4.75. The van der Waals surface area contributed by atoms with Crippen LogP contribution in [-0.2, 0) is 9.53 Å². The monoisotopic (exact) mass is 200 g/mol. The van der Waals surface area contributed by atoms with Gasteiger partial charge in [0.25, 0.3) is 0 Å². The summed E-state index contributed by atoms with van der Waals surface area (Å²) in [6.07, 6.45) is 2.81. The van der Waals surface area contributed by atoms with Gasteiger partial charge in [-0.05, 0) is 25.1 Å². The molecule has 0 aliphatic carbocycles. The Hall–Kier alpha value is -2.01. The van der Waals surface area contributed by atoms with Crippen molar-refractivity contribution in [3.63, 3.8) is 0 Å². The highest BCUT2D eigenvalue weighted by molar-refractivity contribution is 5.82. The van der Waals surface area contributed by atoms with Crippen molar-refractivity contribution in [3.05, 3.63) is 48.0 Å². The minimum Gasteiger partial charge on any atom is -0.463 e. The Morgan fingerprint density at radius 1 is 1.40 bits per heavy atom. The van der Waals surface area contributed by atoms with Crippen molar-refractivity contribution in [2.45, 2.75) is 6.92 Å². The maximum Gasteiger partial charge on any atom is 0.331 e. The summed E-state index contributed by atoms with van der Waals surface area (Å²) in [6, 6.07) is 9.58. The molecule has 1 aromatic rings. The molecule has 0 aliphatic heterocycles. The summed E-state index contributed by atoms with van der Waals surface area (Å²) < 4.78 is 4.70. The average molecular weight is 200 g/mol. The number of rotatable bonds is 2. The molecule has 0 saturated heterocycles. The standard InChI is InChI=1S/C13H12O2/c1-2-15-13(14)11-7-6-10-12-8-4-3-5-9-12/h3-5,7-9,11H,2H2,1H3/b11-7+. The van der Waals surface area contributed by atoms with Crippen LogP contribution in [0.1, 0.15) is 12.5 Å². The van der Waals surface area contributed by atoms with Gasteiger partial charge in [0.15, 0.2) is 0 Å². The fraction of sp³-hybridized carbons (Fsp3) is 0.154. The minimum atomic E-state index is -0.361. The van der Waals surface area contributed by atoms with Crippen LogP contribution in [0.5, 0.6) is 0 Å². The molecule has 0 aromatic heterocycles. The van der Waals surface area contributed by atoms with Crippen molar-refractivity contribution in [3.8, 4) is 11.8 Å². The van der Waals surface area contributed by atoms with Crippen LogP contribution in [0.15, 0.2) is 42.5 Å². The van der Waals surface area contributed by atoms with Crippen molar-refractivity contribution >= 4 is 5.97 Å². The number of carbonyl (C=O) groups excluding carboxylic acids is 1. The van der Waals surface area contributed by atoms with Gasteiger partial charge in [0, 0.05) is 11.6 Å². The number of allylic oxidation sites excluding steroid dienone is 1. The molecule has 0 radical (unpaired) electrons. The van der Waals surface area contributed by atoms with Crippen LogP contribution in [0.4, 0.5) is 0 Å². The fourth-order valence-corrected chi connectivity index (χ4v) is 0.947. The predicted molar refractivity (Wildman–Crippen MR) is 59.1 cm³/mol. The van der Waals surface area contributed by atoms with Gasteiger partial charge >= 0.3 is 5.97 Å². The first-order valence-corrected chi connectivity index (χ1v) is 4.73. The number of hydrogen-bond donors (Lipinski definition) is 0. The molecule has 0 fully saturated rings. The quantitative estimate of drug-likeness (QED) is 0.415. The van der Waals surface area contributed by atoms with E-state index in [0.29, 0.717) is 6.61 Å². The van der Waals surface area contributed by atoms with E-state index in [4.69, 9.17) is 4.74 Å². The van der Waals surface area contributed by atoms with Gasteiger partial charge in [-0.2, -0.15) is 0 Å². The molecule has 0 N–H and O–H groups in total. The molecule has 15 heavy (non-hydrogen) atoms. The molecule has 1 rings (SSSR count). The smallest absolute Gasteiger partial charge is 0.331 e. The summed E-state index contributed by atoms with van der Waals surface area (Å²) in [6.45, 7) is 2.15. The lowest BCUT2D eigenvalue weighted by atomic mass is 10.2. The highest BCUT2D eigenvalue weighted by atomic mass is 16.5. The number of ether oxygens (including phenoxy) is 1. The normalized spacial score (nSPS) is 9.40. The molecule has 0 aliphatic rings. The van der Waals surface area contributed by atoms with Crippen molar-refractivity contribution in [1.82, 2.24) is 0 Å². The fourth-order valence-electron chi connectivity index (χ4n) is 0.947. The van der Waals surface area contributed by atoms with Crippen molar-refractivity contribution in [2.75, 3.05) is 6.61 Å². The van der Waals surface area contributed by atoms with Gasteiger partial charge in [-0.25, -0.2) is 4.79 Å². The lowest BCUT2D eigenvalue weighted by Crippen LogP contribution is -1.98. The van der Waals surface area contributed by atoms with E-state index in [0.717, 1.165) is 5.56 Å². The van der Waals surface area contributed by atoms with Gasteiger partial charge in [0.1, 0.15) is 0 Å². The molecule has 0 atom stereocenters. The van der Waals surface area contributed by atoms with Crippen LogP contribution in [0.2, 0.25) is 0 Å².